The molecule has 0 radical (unpaired) electrons. The molecule has 1 saturated heterocycles. The first-order chi connectivity index (χ1) is 12.8. The van der Waals surface area contributed by atoms with Crippen LogP contribution in [0, 0.1) is 19.8 Å². The van der Waals surface area contributed by atoms with Crippen LogP contribution in [0.15, 0.2) is 48.5 Å². The van der Waals surface area contributed by atoms with Crippen molar-refractivity contribution in [3.05, 3.63) is 65.2 Å². The van der Waals surface area contributed by atoms with Crippen LogP contribution >= 0.6 is 0 Å². The molecule has 1 aliphatic rings. The van der Waals surface area contributed by atoms with Gasteiger partial charge in [0, 0.05) is 18.8 Å². The van der Waals surface area contributed by atoms with Crippen molar-refractivity contribution in [3.8, 4) is 0 Å². The first-order valence-electron chi connectivity index (χ1n) is 9.25. The highest BCUT2D eigenvalue weighted by atomic mass is 32.2. The Morgan fingerprint density at radius 1 is 1.15 bits per heavy atom. The molecule has 0 saturated carbocycles. The van der Waals surface area contributed by atoms with Crippen molar-refractivity contribution in [2.75, 3.05) is 18.4 Å². The van der Waals surface area contributed by atoms with E-state index in [0.717, 1.165) is 22.4 Å². The van der Waals surface area contributed by atoms with E-state index in [1.165, 1.54) is 4.31 Å². The molecule has 1 amide bonds. The van der Waals surface area contributed by atoms with Crippen molar-refractivity contribution in [1.82, 2.24) is 4.31 Å². The Labute approximate surface area is 161 Å². The Bertz CT molecular complexity index is 910. The minimum Gasteiger partial charge on any atom is -0.326 e. The van der Waals surface area contributed by atoms with Crippen LogP contribution in [-0.4, -0.2) is 31.7 Å². The second-order valence-corrected chi connectivity index (χ2v) is 9.22. The molecule has 1 aliphatic heterocycles. The molecule has 0 bridgehead atoms. The molecule has 2 aromatic rings. The number of hydrogen-bond acceptors (Lipinski definition) is 3. The van der Waals surface area contributed by atoms with Gasteiger partial charge in [0.15, 0.2) is 0 Å². The number of hydrogen-bond donors (Lipinski definition) is 1. The van der Waals surface area contributed by atoms with E-state index in [1.54, 1.807) is 0 Å². The van der Waals surface area contributed by atoms with Gasteiger partial charge in [0.25, 0.3) is 0 Å². The lowest BCUT2D eigenvalue weighted by Gasteiger charge is -2.31. The van der Waals surface area contributed by atoms with E-state index in [0.29, 0.717) is 19.4 Å². The molecule has 0 spiro atoms. The van der Waals surface area contributed by atoms with E-state index < -0.39 is 10.0 Å². The molecule has 2 aromatic carbocycles. The fourth-order valence-corrected chi connectivity index (χ4v) is 5.08. The third-order valence-corrected chi connectivity index (χ3v) is 6.80. The number of sulfonamides is 1. The number of amides is 1. The largest absolute Gasteiger partial charge is 0.326 e. The summed E-state index contributed by atoms with van der Waals surface area (Å²) in [5, 5.41) is 2.97. The number of rotatable bonds is 5. The molecule has 1 N–H and O–H groups in total. The van der Waals surface area contributed by atoms with Gasteiger partial charge in [-0.15, -0.1) is 0 Å². The molecule has 5 nitrogen and oxygen atoms in total. The fourth-order valence-electron chi connectivity index (χ4n) is 3.47. The van der Waals surface area contributed by atoms with Gasteiger partial charge in [0.05, 0.1) is 11.7 Å². The Morgan fingerprint density at radius 3 is 2.59 bits per heavy atom. The zero-order valence-electron chi connectivity index (χ0n) is 15.8. The number of nitrogens with zero attached hydrogens (tertiary/aromatic N) is 1. The standard InChI is InChI=1S/C21H26N2O3S/c1-16-10-11-20(17(2)13-16)22-21(24)19-9-6-12-23(14-19)27(25,26)15-18-7-4-3-5-8-18/h3-5,7-8,10-11,13,19H,6,9,12,14-15H2,1-2H3,(H,22,24). The lowest BCUT2D eigenvalue weighted by Crippen LogP contribution is -2.44. The second-order valence-electron chi connectivity index (χ2n) is 7.25. The predicted molar refractivity (Wildman–Crippen MR) is 108 cm³/mol. The van der Waals surface area contributed by atoms with Gasteiger partial charge in [-0.1, -0.05) is 48.0 Å². The van der Waals surface area contributed by atoms with Crippen LogP contribution in [0.25, 0.3) is 0 Å². The number of aryl methyl sites for hydroxylation is 2. The number of nitrogens with one attached hydrogen (secondary N) is 1. The summed E-state index contributed by atoms with van der Waals surface area (Å²) in [4.78, 5) is 12.7. The van der Waals surface area contributed by atoms with Crippen molar-refractivity contribution in [2.24, 2.45) is 5.92 Å². The molecular formula is C21H26N2O3S. The summed E-state index contributed by atoms with van der Waals surface area (Å²) in [6.07, 6.45) is 1.40. The minimum absolute atomic E-state index is 0.0285. The third-order valence-electron chi connectivity index (χ3n) is 4.98. The van der Waals surface area contributed by atoms with Gasteiger partial charge in [-0.05, 0) is 43.9 Å². The van der Waals surface area contributed by atoms with Crippen molar-refractivity contribution < 1.29 is 13.2 Å². The lowest BCUT2D eigenvalue weighted by molar-refractivity contribution is -0.120. The molecular weight excluding hydrogens is 360 g/mol. The first kappa shape index (κ1) is 19.6. The minimum atomic E-state index is -3.44. The molecule has 3 rings (SSSR count). The molecule has 144 valence electrons. The topological polar surface area (TPSA) is 66.5 Å². The summed E-state index contributed by atoms with van der Waals surface area (Å²) >= 11 is 0. The maximum absolute atomic E-state index is 12.8. The van der Waals surface area contributed by atoms with Crippen LogP contribution in [0.5, 0.6) is 0 Å². The zero-order valence-corrected chi connectivity index (χ0v) is 16.6. The fraction of sp³-hybridized carbons (Fsp3) is 0.381. The Balaban J connectivity index is 1.67. The van der Waals surface area contributed by atoms with Gasteiger partial charge < -0.3 is 5.32 Å². The molecule has 1 unspecified atom stereocenters. The molecule has 0 aromatic heterocycles. The van der Waals surface area contributed by atoms with Crippen LogP contribution in [0.3, 0.4) is 0 Å². The van der Waals surface area contributed by atoms with E-state index in [4.69, 9.17) is 0 Å². The summed E-state index contributed by atoms with van der Waals surface area (Å²) < 4.78 is 27.0. The average molecular weight is 387 g/mol. The Morgan fingerprint density at radius 2 is 1.89 bits per heavy atom. The van der Waals surface area contributed by atoms with Crippen LogP contribution in [0.2, 0.25) is 0 Å². The highest BCUT2D eigenvalue weighted by Crippen LogP contribution is 2.24. The molecule has 6 heteroatoms. The molecule has 0 aliphatic carbocycles. The highest BCUT2D eigenvalue weighted by Gasteiger charge is 2.32. The van der Waals surface area contributed by atoms with Crippen molar-refractivity contribution in [3.63, 3.8) is 0 Å². The maximum Gasteiger partial charge on any atom is 0.228 e. The number of piperidine rings is 1. The molecule has 1 fully saturated rings. The summed E-state index contributed by atoms with van der Waals surface area (Å²) in [5.41, 5.74) is 3.70. The van der Waals surface area contributed by atoms with E-state index in [2.05, 4.69) is 5.32 Å². The smallest absolute Gasteiger partial charge is 0.228 e. The number of anilines is 1. The number of benzene rings is 2. The van der Waals surface area contributed by atoms with Gasteiger partial charge >= 0.3 is 0 Å². The number of carbonyl (C=O) groups is 1. The average Bonchev–Trinajstić information content (AvgIpc) is 2.64. The second kappa shape index (κ2) is 8.23. The zero-order chi connectivity index (χ0) is 19.4. The first-order valence-corrected chi connectivity index (χ1v) is 10.9. The normalized spacial score (nSPS) is 18.2. The number of carbonyl (C=O) groups excluding carboxylic acids is 1. The van der Waals surface area contributed by atoms with E-state index in [9.17, 15) is 13.2 Å². The van der Waals surface area contributed by atoms with Gasteiger partial charge in [-0.2, -0.15) is 0 Å². The molecule has 1 atom stereocenters. The molecule has 1 heterocycles. The van der Waals surface area contributed by atoms with E-state index >= 15 is 0 Å². The summed E-state index contributed by atoms with van der Waals surface area (Å²) in [6, 6.07) is 15.0. The summed E-state index contributed by atoms with van der Waals surface area (Å²) in [7, 11) is -3.44. The van der Waals surface area contributed by atoms with Crippen LogP contribution in [0.1, 0.15) is 29.5 Å². The summed E-state index contributed by atoms with van der Waals surface area (Å²) in [5.74, 6) is -0.467. The van der Waals surface area contributed by atoms with Gasteiger partial charge in [-0.3, -0.25) is 4.79 Å². The lowest BCUT2D eigenvalue weighted by atomic mass is 9.98. The van der Waals surface area contributed by atoms with Crippen LogP contribution in [-0.2, 0) is 20.6 Å². The van der Waals surface area contributed by atoms with Crippen molar-refractivity contribution in [2.45, 2.75) is 32.4 Å². The Kier molecular flexibility index (Phi) is 5.97. The van der Waals surface area contributed by atoms with E-state index in [1.807, 2.05) is 62.4 Å². The quantitative estimate of drug-likeness (QED) is 0.855. The van der Waals surface area contributed by atoms with Gasteiger partial charge in [-0.25, -0.2) is 12.7 Å². The monoisotopic (exact) mass is 386 g/mol. The Hall–Kier alpha value is -2.18. The third kappa shape index (κ3) is 4.96. The van der Waals surface area contributed by atoms with Crippen molar-refractivity contribution in [1.29, 1.82) is 0 Å². The predicted octanol–water partition coefficient (Wildman–Crippen LogP) is 3.48. The van der Waals surface area contributed by atoms with E-state index in [-0.39, 0.29) is 24.1 Å². The summed E-state index contributed by atoms with van der Waals surface area (Å²) in [6.45, 7) is 4.68. The van der Waals surface area contributed by atoms with Gasteiger partial charge in [0.2, 0.25) is 15.9 Å². The molecule has 27 heavy (non-hydrogen) atoms. The maximum atomic E-state index is 12.8. The van der Waals surface area contributed by atoms with Crippen molar-refractivity contribution >= 4 is 21.6 Å². The SMILES string of the molecule is Cc1ccc(NC(=O)C2CCCN(S(=O)(=O)Cc3ccccc3)C2)c(C)c1. The highest BCUT2D eigenvalue weighted by molar-refractivity contribution is 7.88. The van der Waals surface area contributed by atoms with Crippen LogP contribution in [0.4, 0.5) is 5.69 Å². The van der Waals surface area contributed by atoms with Gasteiger partial charge in [0.1, 0.15) is 0 Å². The van der Waals surface area contributed by atoms with Crippen LogP contribution < -0.4 is 5.32 Å².